The number of rotatable bonds is 5. The summed E-state index contributed by atoms with van der Waals surface area (Å²) in [6, 6.07) is 10.00. The lowest BCUT2D eigenvalue weighted by atomic mass is 10.1. The standard InChI is InChI=1S/C25H18ClF3N4O4/c26-19-20-14(6-16(27)21(19)32-8-13(34)9-32)22(35)15(25(36)37-11-12-4-2-1-3-5-12)10-33(20)24-18(29)7-17(28)23(30)31-24/h1-7,10,13,34H,8-9,11H2,(H2,30,31). The Morgan fingerprint density at radius 1 is 1.14 bits per heavy atom. The van der Waals surface area contributed by atoms with Crippen molar-refractivity contribution in [1.29, 1.82) is 0 Å². The maximum atomic E-state index is 15.2. The van der Waals surface area contributed by atoms with Crippen LogP contribution in [0.25, 0.3) is 16.7 Å². The third-order valence-corrected chi connectivity index (χ3v) is 6.29. The van der Waals surface area contributed by atoms with E-state index < -0.39 is 52.2 Å². The second kappa shape index (κ2) is 9.41. The van der Waals surface area contributed by atoms with Crippen molar-refractivity contribution in [3.63, 3.8) is 0 Å². The van der Waals surface area contributed by atoms with E-state index in [0.717, 1.165) is 16.8 Å². The number of aliphatic hydroxyl groups is 1. The highest BCUT2D eigenvalue weighted by Gasteiger charge is 2.32. The lowest BCUT2D eigenvalue weighted by Gasteiger charge is -2.38. The number of hydrogen-bond donors (Lipinski definition) is 2. The molecule has 5 rings (SSSR count). The summed E-state index contributed by atoms with van der Waals surface area (Å²) in [4.78, 5) is 31.4. The summed E-state index contributed by atoms with van der Waals surface area (Å²) >= 11 is 6.53. The summed E-state index contributed by atoms with van der Waals surface area (Å²) < 4.78 is 50.1. The molecule has 3 N–H and O–H groups in total. The number of halogens is 4. The zero-order valence-electron chi connectivity index (χ0n) is 18.9. The Bertz CT molecular complexity index is 1610. The molecule has 1 saturated heterocycles. The van der Waals surface area contributed by atoms with E-state index in [9.17, 15) is 23.5 Å². The number of ether oxygens (including phenoxy) is 1. The summed E-state index contributed by atoms with van der Waals surface area (Å²) in [7, 11) is 0. The van der Waals surface area contributed by atoms with Gasteiger partial charge in [-0.3, -0.25) is 9.36 Å². The molecule has 0 atom stereocenters. The van der Waals surface area contributed by atoms with E-state index in [-0.39, 0.29) is 41.3 Å². The molecule has 1 fully saturated rings. The normalized spacial score (nSPS) is 13.6. The number of aromatic nitrogens is 2. The lowest BCUT2D eigenvalue weighted by molar-refractivity contribution is 0.0470. The van der Waals surface area contributed by atoms with Gasteiger partial charge in [-0.25, -0.2) is 22.9 Å². The fourth-order valence-electron chi connectivity index (χ4n) is 4.09. The molecule has 0 spiro atoms. The molecule has 1 aliphatic heterocycles. The number of nitrogens with zero attached hydrogens (tertiary/aromatic N) is 3. The largest absolute Gasteiger partial charge is 0.457 e. The molecular formula is C25H18ClF3N4O4. The third kappa shape index (κ3) is 4.36. The SMILES string of the molecule is Nc1nc(-n2cc(C(=O)OCc3ccccc3)c(=O)c3cc(F)c(N4CC(O)C4)c(Cl)c32)c(F)cc1F. The number of hydrogen-bond acceptors (Lipinski definition) is 7. The number of pyridine rings is 2. The Balaban J connectivity index is 1.72. The number of carbonyl (C=O) groups is 1. The van der Waals surface area contributed by atoms with Crippen LogP contribution in [0.2, 0.25) is 5.02 Å². The first-order valence-corrected chi connectivity index (χ1v) is 11.4. The van der Waals surface area contributed by atoms with Gasteiger partial charge in [0.1, 0.15) is 18.0 Å². The highest BCUT2D eigenvalue weighted by Crippen LogP contribution is 2.38. The number of fused-ring (bicyclic) bond motifs is 1. The third-order valence-electron chi connectivity index (χ3n) is 5.93. The molecule has 190 valence electrons. The van der Waals surface area contributed by atoms with Crippen molar-refractivity contribution >= 4 is 40.0 Å². The van der Waals surface area contributed by atoms with Crippen LogP contribution in [0.4, 0.5) is 24.7 Å². The van der Waals surface area contributed by atoms with Crippen LogP contribution in [0.5, 0.6) is 0 Å². The second-order valence-corrected chi connectivity index (χ2v) is 8.82. The number of carbonyl (C=O) groups excluding carboxylic acids is 1. The van der Waals surface area contributed by atoms with Crippen LogP contribution in [0, 0.1) is 17.5 Å². The molecular weight excluding hydrogens is 513 g/mol. The van der Waals surface area contributed by atoms with E-state index in [1.54, 1.807) is 30.3 Å². The Morgan fingerprint density at radius 3 is 2.51 bits per heavy atom. The van der Waals surface area contributed by atoms with Crippen LogP contribution < -0.4 is 16.1 Å². The van der Waals surface area contributed by atoms with Gasteiger partial charge in [0, 0.05) is 25.4 Å². The molecule has 8 nitrogen and oxygen atoms in total. The highest BCUT2D eigenvalue weighted by molar-refractivity contribution is 6.38. The molecule has 12 heteroatoms. The van der Waals surface area contributed by atoms with Gasteiger partial charge >= 0.3 is 5.97 Å². The van der Waals surface area contributed by atoms with Gasteiger partial charge in [0.2, 0.25) is 5.43 Å². The lowest BCUT2D eigenvalue weighted by Crippen LogP contribution is -2.51. The van der Waals surface area contributed by atoms with Gasteiger partial charge in [-0.1, -0.05) is 41.9 Å². The Morgan fingerprint density at radius 2 is 1.84 bits per heavy atom. The van der Waals surface area contributed by atoms with Crippen LogP contribution in [-0.2, 0) is 11.3 Å². The maximum absolute atomic E-state index is 15.2. The first-order chi connectivity index (χ1) is 17.7. The van der Waals surface area contributed by atoms with Gasteiger partial charge in [0.05, 0.1) is 27.7 Å². The van der Waals surface area contributed by atoms with E-state index in [1.165, 1.54) is 4.90 Å². The molecule has 3 heterocycles. The summed E-state index contributed by atoms with van der Waals surface area (Å²) in [5.41, 5.74) is 4.38. The van der Waals surface area contributed by atoms with Crippen LogP contribution in [0.3, 0.4) is 0 Å². The molecule has 2 aromatic heterocycles. The quantitative estimate of drug-likeness (QED) is 0.379. The molecule has 0 unspecified atom stereocenters. The van der Waals surface area contributed by atoms with Crippen LogP contribution in [0.15, 0.2) is 53.5 Å². The summed E-state index contributed by atoms with van der Waals surface area (Å²) in [5, 5.41) is 8.98. The van der Waals surface area contributed by atoms with Crippen molar-refractivity contribution in [3.8, 4) is 5.82 Å². The number of esters is 1. The number of benzene rings is 2. The van der Waals surface area contributed by atoms with Crippen molar-refractivity contribution in [2.24, 2.45) is 0 Å². The minimum absolute atomic E-state index is 0.0758. The molecule has 0 radical (unpaired) electrons. The minimum Gasteiger partial charge on any atom is -0.457 e. The monoisotopic (exact) mass is 530 g/mol. The van der Waals surface area contributed by atoms with Crippen LogP contribution in [0.1, 0.15) is 15.9 Å². The van der Waals surface area contributed by atoms with E-state index in [0.29, 0.717) is 11.6 Å². The molecule has 0 amide bonds. The van der Waals surface area contributed by atoms with E-state index in [1.807, 2.05) is 0 Å². The molecule has 37 heavy (non-hydrogen) atoms. The van der Waals surface area contributed by atoms with Crippen LogP contribution in [-0.4, -0.2) is 39.8 Å². The average Bonchev–Trinajstić information content (AvgIpc) is 2.85. The van der Waals surface area contributed by atoms with Crippen molar-refractivity contribution in [2.75, 3.05) is 23.7 Å². The topological polar surface area (TPSA) is 111 Å². The van der Waals surface area contributed by atoms with Gasteiger partial charge in [-0.15, -0.1) is 0 Å². The summed E-state index contributed by atoms with van der Waals surface area (Å²) in [5.74, 6) is -5.49. The van der Waals surface area contributed by atoms with Crippen molar-refractivity contribution in [3.05, 3.63) is 92.5 Å². The Kier molecular flexibility index (Phi) is 6.26. The fourth-order valence-corrected chi connectivity index (χ4v) is 4.49. The van der Waals surface area contributed by atoms with Crippen LogP contribution >= 0.6 is 11.6 Å². The molecule has 0 bridgehead atoms. The predicted molar refractivity (Wildman–Crippen MR) is 130 cm³/mol. The van der Waals surface area contributed by atoms with Gasteiger partial charge < -0.3 is 20.5 Å². The van der Waals surface area contributed by atoms with Crippen molar-refractivity contribution < 1.29 is 27.8 Å². The van der Waals surface area contributed by atoms with Gasteiger partial charge in [-0.05, 0) is 11.6 Å². The Hall–Kier alpha value is -4.09. The zero-order valence-corrected chi connectivity index (χ0v) is 19.7. The molecule has 1 aliphatic rings. The Labute approximate surface area is 212 Å². The average molecular weight is 531 g/mol. The number of nitrogens with two attached hydrogens (primary N) is 1. The predicted octanol–water partition coefficient (Wildman–Crippen LogP) is 3.58. The smallest absolute Gasteiger partial charge is 0.344 e. The maximum Gasteiger partial charge on any atom is 0.344 e. The fraction of sp³-hybridized carbons (Fsp3) is 0.160. The summed E-state index contributed by atoms with van der Waals surface area (Å²) in [6.07, 6.45) is 0.241. The van der Waals surface area contributed by atoms with Crippen molar-refractivity contribution in [1.82, 2.24) is 9.55 Å². The van der Waals surface area contributed by atoms with Gasteiger partial charge in [-0.2, -0.15) is 0 Å². The second-order valence-electron chi connectivity index (χ2n) is 8.44. The van der Waals surface area contributed by atoms with Gasteiger partial charge in [0.25, 0.3) is 0 Å². The molecule has 4 aromatic rings. The number of nitrogen functional groups attached to an aromatic ring is 1. The molecule has 0 aliphatic carbocycles. The number of aliphatic hydroxyl groups excluding tert-OH is 1. The minimum atomic E-state index is -1.18. The molecule has 0 saturated carbocycles. The zero-order chi connectivity index (χ0) is 26.4. The van der Waals surface area contributed by atoms with E-state index >= 15 is 4.39 Å². The van der Waals surface area contributed by atoms with E-state index in [2.05, 4.69) is 4.98 Å². The highest BCUT2D eigenvalue weighted by atomic mass is 35.5. The first-order valence-electron chi connectivity index (χ1n) is 11.0. The number of β-amino-alcohol motifs (C(OH)–C–C–N with tert-alkyl or cyclic N) is 1. The summed E-state index contributed by atoms with van der Waals surface area (Å²) in [6.45, 7) is -0.0165. The van der Waals surface area contributed by atoms with E-state index in [4.69, 9.17) is 22.1 Å². The molecule has 2 aromatic carbocycles. The first kappa shape index (κ1) is 24.6. The van der Waals surface area contributed by atoms with Gasteiger partial charge in [0.15, 0.2) is 23.3 Å². The number of anilines is 2. The van der Waals surface area contributed by atoms with Crippen molar-refractivity contribution in [2.45, 2.75) is 12.7 Å².